The number of rotatable bonds is 3. The largest absolute Gasteiger partial charge is 0.451 e. The molecule has 29 heavy (non-hydrogen) atoms. The topological polar surface area (TPSA) is 60.0 Å². The summed E-state index contributed by atoms with van der Waals surface area (Å²) in [5, 5.41) is 8.45. The summed E-state index contributed by atoms with van der Waals surface area (Å²) in [6.45, 7) is 1.65. The average molecular weight is 448 g/mol. The predicted octanol–water partition coefficient (Wildman–Crippen LogP) is 4.26. The third kappa shape index (κ3) is 3.87. The first-order valence-electron chi connectivity index (χ1n) is 9.62. The first kappa shape index (κ1) is 20.9. The lowest BCUT2D eigenvalue weighted by Gasteiger charge is -2.44. The summed E-state index contributed by atoms with van der Waals surface area (Å²) in [7, 11) is 0. The lowest BCUT2D eigenvalue weighted by atomic mass is 9.68. The van der Waals surface area contributed by atoms with Crippen LogP contribution < -0.4 is 5.73 Å². The molecule has 2 N–H and O–H groups in total. The molecule has 2 aromatic rings. The highest BCUT2D eigenvalue weighted by Gasteiger charge is 2.42. The number of nitrogens with zero attached hydrogens (tertiary/aromatic N) is 4. The Bertz CT molecular complexity index is 890. The van der Waals surface area contributed by atoms with Gasteiger partial charge in [0.1, 0.15) is 5.82 Å². The van der Waals surface area contributed by atoms with E-state index >= 15 is 0 Å². The fourth-order valence-corrected chi connectivity index (χ4v) is 5.20. The number of nitrogens with two attached hydrogens (primary N) is 1. The molecule has 2 heterocycles. The molecule has 0 spiro atoms. The number of benzene rings is 1. The van der Waals surface area contributed by atoms with Crippen molar-refractivity contribution in [3.05, 3.63) is 45.5 Å². The van der Waals surface area contributed by atoms with Gasteiger partial charge in [-0.3, -0.25) is 4.90 Å². The van der Waals surface area contributed by atoms with Crippen molar-refractivity contribution < 1.29 is 13.2 Å². The van der Waals surface area contributed by atoms with Crippen LogP contribution >= 0.6 is 23.2 Å². The predicted molar refractivity (Wildman–Crippen MR) is 105 cm³/mol. The third-order valence-corrected chi connectivity index (χ3v) is 6.92. The molecule has 0 atom stereocenters. The second-order valence-electron chi connectivity index (χ2n) is 7.90. The van der Waals surface area contributed by atoms with Gasteiger partial charge in [-0.15, -0.1) is 10.2 Å². The van der Waals surface area contributed by atoms with Crippen molar-refractivity contribution in [3.8, 4) is 0 Å². The van der Waals surface area contributed by atoms with E-state index in [9.17, 15) is 13.2 Å². The van der Waals surface area contributed by atoms with Gasteiger partial charge in [0.15, 0.2) is 0 Å². The highest BCUT2D eigenvalue weighted by molar-refractivity contribution is 6.33. The summed E-state index contributed by atoms with van der Waals surface area (Å²) in [5.74, 6) is -0.536. The first-order valence-corrected chi connectivity index (χ1v) is 10.4. The molecule has 0 saturated heterocycles. The second-order valence-corrected chi connectivity index (χ2v) is 8.74. The molecule has 10 heteroatoms. The van der Waals surface area contributed by atoms with E-state index in [2.05, 4.69) is 15.1 Å². The van der Waals surface area contributed by atoms with Crippen molar-refractivity contribution in [2.45, 2.75) is 56.4 Å². The Morgan fingerprint density at radius 2 is 1.86 bits per heavy atom. The molecule has 1 aliphatic carbocycles. The lowest BCUT2D eigenvalue weighted by Crippen LogP contribution is -2.48. The maximum Gasteiger partial charge on any atom is 0.451 e. The Labute approximate surface area is 177 Å². The number of hydrogen-bond acceptors (Lipinski definition) is 4. The van der Waals surface area contributed by atoms with E-state index in [0.717, 1.165) is 31.2 Å². The Hall–Kier alpha value is -1.35. The fraction of sp³-hybridized carbons (Fsp3) is 0.579. The molecule has 158 valence electrons. The minimum Gasteiger partial charge on any atom is -0.330 e. The van der Waals surface area contributed by atoms with Crippen molar-refractivity contribution in [1.29, 1.82) is 0 Å². The van der Waals surface area contributed by atoms with Gasteiger partial charge in [0, 0.05) is 41.1 Å². The maximum absolute atomic E-state index is 13.0. The van der Waals surface area contributed by atoms with Crippen LogP contribution in [0.25, 0.3) is 0 Å². The van der Waals surface area contributed by atoms with Gasteiger partial charge in [-0.1, -0.05) is 23.2 Å². The normalized spacial score (nSPS) is 25.8. The minimum atomic E-state index is -4.48. The van der Waals surface area contributed by atoms with Crippen LogP contribution in [-0.4, -0.2) is 38.8 Å². The number of hydrogen-bond donors (Lipinski definition) is 1. The van der Waals surface area contributed by atoms with Gasteiger partial charge >= 0.3 is 6.18 Å². The zero-order valence-electron chi connectivity index (χ0n) is 15.7. The van der Waals surface area contributed by atoms with Crippen molar-refractivity contribution in [2.75, 3.05) is 13.1 Å². The Morgan fingerprint density at radius 3 is 2.52 bits per heavy atom. The Morgan fingerprint density at radius 1 is 1.14 bits per heavy atom. The van der Waals surface area contributed by atoms with Gasteiger partial charge in [0.25, 0.3) is 0 Å². The van der Waals surface area contributed by atoms with Crippen molar-refractivity contribution >= 4 is 23.2 Å². The van der Waals surface area contributed by atoms with Crippen LogP contribution in [-0.2, 0) is 24.7 Å². The molecule has 0 radical (unpaired) electrons. The van der Waals surface area contributed by atoms with Crippen molar-refractivity contribution in [3.63, 3.8) is 0 Å². The smallest absolute Gasteiger partial charge is 0.330 e. The highest BCUT2D eigenvalue weighted by atomic mass is 35.5. The third-order valence-electron chi connectivity index (χ3n) is 6.36. The van der Waals surface area contributed by atoms with Crippen LogP contribution in [0, 0.1) is 0 Å². The van der Waals surface area contributed by atoms with E-state index < -0.39 is 12.0 Å². The molecular formula is C19H22Cl2F3N5. The number of halogens is 5. The van der Waals surface area contributed by atoms with E-state index in [0.29, 0.717) is 35.5 Å². The summed E-state index contributed by atoms with van der Waals surface area (Å²) in [6, 6.07) is 5.74. The fourth-order valence-electron chi connectivity index (χ4n) is 4.71. The molecule has 4 rings (SSSR count). The van der Waals surface area contributed by atoms with Crippen LogP contribution in [0.4, 0.5) is 13.2 Å². The Balaban J connectivity index is 1.47. The minimum absolute atomic E-state index is 0.224. The summed E-state index contributed by atoms with van der Waals surface area (Å²) in [6.07, 6.45) is -0.994. The SMILES string of the molecule is NCC1(c2cc(Cl)ccc2Cl)CCC(N2CCn3c(nnc3C(F)(F)F)C2)CC1. The molecule has 1 aliphatic heterocycles. The molecule has 1 aromatic carbocycles. The highest BCUT2D eigenvalue weighted by Crippen LogP contribution is 2.44. The Kier molecular flexibility index (Phi) is 5.57. The lowest BCUT2D eigenvalue weighted by molar-refractivity contribution is -0.148. The molecule has 0 bridgehead atoms. The summed E-state index contributed by atoms with van der Waals surface area (Å²) >= 11 is 12.6. The molecule has 0 amide bonds. The number of aromatic nitrogens is 3. The quantitative estimate of drug-likeness (QED) is 0.763. The molecular weight excluding hydrogens is 426 g/mol. The molecule has 1 fully saturated rings. The summed E-state index contributed by atoms with van der Waals surface area (Å²) in [5.41, 5.74) is 6.94. The van der Waals surface area contributed by atoms with E-state index in [1.165, 1.54) is 4.57 Å². The second kappa shape index (κ2) is 7.72. The maximum atomic E-state index is 13.0. The van der Waals surface area contributed by atoms with Gasteiger partial charge in [-0.05, 0) is 49.4 Å². The zero-order valence-corrected chi connectivity index (χ0v) is 17.2. The number of fused-ring (bicyclic) bond motifs is 1. The number of alkyl halides is 3. The van der Waals surface area contributed by atoms with E-state index in [1.54, 1.807) is 12.1 Å². The van der Waals surface area contributed by atoms with Crippen LogP contribution in [0.2, 0.25) is 10.0 Å². The molecule has 1 aromatic heterocycles. The van der Waals surface area contributed by atoms with Crippen molar-refractivity contribution in [1.82, 2.24) is 19.7 Å². The summed E-state index contributed by atoms with van der Waals surface area (Å²) < 4.78 is 40.3. The van der Waals surface area contributed by atoms with E-state index in [1.807, 2.05) is 6.07 Å². The average Bonchev–Trinajstić information content (AvgIpc) is 3.13. The van der Waals surface area contributed by atoms with Crippen LogP contribution in [0.15, 0.2) is 18.2 Å². The van der Waals surface area contributed by atoms with Gasteiger partial charge in [0.05, 0.1) is 6.54 Å². The van der Waals surface area contributed by atoms with E-state index in [-0.39, 0.29) is 18.0 Å². The van der Waals surface area contributed by atoms with Gasteiger partial charge in [-0.25, -0.2) is 0 Å². The van der Waals surface area contributed by atoms with Gasteiger partial charge < -0.3 is 10.3 Å². The monoisotopic (exact) mass is 447 g/mol. The van der Waals surface area contributed by atoms with Crippen molar-refractivity contribution in [2.24, 2.45) is 5.73 Å². The van der Waals surface area contributed by atoms with Gasteiger partial charge in [0.2, 0.25) is 5.82 Å². The zero-order chi connectivity index (χ0) is 20.8. The molecule has 5 nitrogen and oxygen atoms in total. The molecule has 2 aliphatic rings. The standard InChI is InChI=1S/C19H22Cl2F3N5/c20-12-1-2-15(21)14(9-12)18(11-25)5-3-13(4-6-18)28-7-8-29-16(10-28)26-27-17(29)19(22,23)24/h1-2,9,13H,3-8,10-11,25H2. The summed E-state index contributed by atoms with van der Waals surface area (Å²) in [4.78, 5) is 2.21. The van der Waals surface area contributed by atoms with Crippen LogP contribution in [0.3, 0.4) is 0 Å². The first-order chi connectivity index (χ1) is 13.7. The van der Waals surface area contributed by atoms with Crippen LogP contribution in [0.5, 0.6) is 0 Å². The molecule has 1 saturated carbocycles. The van der Waals surface area contributed by atoms with E-state index in [4.69, 9.17) is 28.9 Å². The van der Waals surface area contributed by atoms with Gasteiger partial charge in [-0.2, -0.15) is 13.2 Å². The molecule has 0 unspecified atom stereocenters. The van der Waals surface area contributed by atoms with Crippen LogP contribution in [0.1, 0.15) is 42.9 Å².